The summed E-state index contributed by atoms with van der Waals surface area (Å²) in [6, 6.07) is 9.35. The van der Waals surface area contributed by atoms with Crippen molar-refractivity contribution in [1.29, 1.82) is 0 Å². The standard InChI is InChI=1S/C22H23FN4O2S/c1-26-12-9-24-20(26)19(16-4-2-5-17(23)14-16)25-21(28)15-7-10-27(11-8-15)22(29)18-6-3-13-30-18/h2-6,9,12-15,19H,7-8,10-11H2,1H3,(H,25,28)/t19-/m1/s1. The van der Waals surface area contributed by atoms with Crippen molar-refractivity contribution in [1.82, 2.24) is 19.8 Å². The van der Waals surface area contributed by atoms with Crippen LogP contribution in [-0.4, -0.2) is 39.4 Å². The second-order valence-electron chi connectivity index (χ2n) is 7.44. The predicted octanol–water partition coefficient (Wildman–Crippen LogP) is 3.38. The van der Waals surface area contributed by atoms with Crippen molar-refractivity contribution in [3.05, 3.63) is 76.3 Å². The number of hydrogen-bond acceptors (Lipinski definition) is 4. The van der Waals surface area contributed by atoms with Crippen LogP contribution in [0.25, 0.3) is 0 Å². The number of aromatic nitrogens is 2. The zero-order valence-electron chi connectivity index (χ0n) is 16.6. The Hall–Kier alpha value is -3.00. The Morgan fingerprint density at radius 2 is 2.03 bits per heavy atom. The summed E-state index contributed by atoms with van der Waals surface area (Å²) in [6.07, 6.45) is 4.64. The number of piperidine rings is 1. The average molecular weight is 427 g/mol. The largest absolute Gasteiger partial charge is 0.342 e. The smallest absolute Gasteiger partial charge is 0.263 e. The molecule has 8 heteroatoms. The van der Waals surface area contributed by atoms with Gasteiger partial charge in [-0.3, -0.25) is 9.59 Å². The van der Waals surface area contributed by atoms with E-state index in [2.05, 4.69) is 10.3 Å². The lowest BCUT2D eigenvalue weighted by molar-refractivity contribution is -0.126. The van der Waals surface area contributed by atoms with Gasteiger partial charge in [-0.25, -0.2) is 9.37 Å². The number of amides is 2. The van der Waals surface area contributed by atoms with Gasteiger partial charge in [0.15, 0.2) is 0 Å². The molecule has 6 nitrogen and oxygen atoms in total. The molecule has 30 heavy (non-hydrogen) atoms. The van der Waals surface area contributed by atoms with E-state index < -0.39 is 6.04 Å². The molecule has 1 aliphatic heterocycles. The Morgan fingerprint density at radius 1 is 1.23 bits per heavy atom. The van der Waals surface area contributed by atoms with E-state index in [0.717, 1.165) is 4.88 Å². The first kappa shape index (κ1) is 20.3. The molecule has 1 fully saturated rings. The number of halogens is 1. The van der Waals surface area contributed by atoms with Gasteiger partial charge in [-0.2, -0.15) is 0 Å². The van der Waals surface area contributed by atoms with Crippen LogP contribution in [-0.2, 0) is 11.8 Å². The topological polar surface area (TPSA) is 67.2 Å². The number of imidazole rings is 1. The number of likely N-dealkylation sites (tertiary alicyclic amines) is 1. The van der Waals surface area contributed by atoms with Crippen LogP contribution in [0, 0.1) is 11.7 Å². The number of carbonyl (C=O) groups is 2. The summed E-state index contributed by atoms with van der Waals surface area (Å²) in [4.78, 5) is 32.4. The highest BCUT2D eigenvalue weighted by Crippen LogP contribution is 2.25. The zero-order valence-corrected chi connectivity index (χ0v) is 17.4. The Bertz CT molecular complexity index is 1030. The summed E-state index contributed by atoms with van der Waals surface area (Å²) in [5, 5.41) is 4.94. The summed E-state index contributed by atoms with van der Waals surface area (Å²) in [6.45, 7) is 1.09. The van der Waals surface area contributed by atoms with E-state index in [1.807, 2.05) is 29.1 Å². The third-order valence-corrected chi connectivity index (χ3v) is 6.33. The minimum Gasteiger partial charge on any atom is -0.342 e. The van der Waals surface area contributed by atoms with Crippen molar-refractivity contribution in [2.45, 2.75) is 18.9 Å². The minimum atomic E-state index is -0.543. The second kappa shape index (κ2) is 8.79. The van der Waals surface area contributed by atoms with E-state index in [1.54, 1.807) is 29.4 Å². The van der Waals surface area contributed by atoms with Crippen LogP contribution in [0.2, 0.25) is 0 Å². The number of hydrogen-bond donors (Lipinski definition) is 1. The van der Waals surface area contributed by atoms with E-state index >= 15 is 0 Å². The van der Waals surface area contributed by atoms with Crippen LogP contribution in [0.1, 0.15) is 39.9 Å². The van der Waals surface area contributed by atoms with Crippen LogP contribution >= 0.6 is 11.3 Å². The molecule has 1 N–H and O–H groups in total. The molecule has 0 aliphatic carbocycles. The van der Waals surface area contributed by atoms with Gasteiger partial charge in [-0.1, -0.05) is 18.2 Å². The molecule has 3 heterocycles. The van der Waals surface area contributed by atoms with E-state index in [1.165, 1.54) is 23.5 Å². The molecule has 0 unspecified atom stereocenters. The van der Waals surface area contributed by atoms with Crippen LogP contribution < -0.4 is 5.32 Å². The molecule has 156 valence electrons. The maximum atomic E-state index is 13.8. The SMILES string of the molecule is Cn1ccnc1[C@H](NC(=O)C1CCN(C(=O)c2cccs2)CC1)c1cccc(F)c1. The summed E-state index contributed by atoms with van der Waals surface area (Å²) in [7, 11) is 1.84. The fourth-order valence-electron chi connectivity index (χ4n) is 3.80. The van der Waals surface area contributed by atoms with Gasteiger partial charge in [-0.15, -0.1) is 11.3 Å². The number of benzene rings is 1. The van der Waals surface area contributed by atoms with E-state index in [9.17, 15) is 14.0 Å². The Kier molecular flexibility index (Phi) is 5.94. The number of thiophene rings is 1. The van der Waals surface area contributed by atoms with E-state index in [4.69, 9.17) is 0 Å². The third-order valence-electron chi connectivity index (χ3n) is 5.47. The van der Waals surface area contributed by atoms with Gasteiger partial charge in [0.1, 0.15) is 17.7 Å². The maximum absolute atomic E-state index is 13.8. The lowest BCUT2D eigenvalue weighted by atomic mass is 9.94. The molecule has 0 radical (unpaired) electrons. The van der Waals surface area contributed by atoms with Gasteiger partial charge in [-0.05, 0) is 42.0 Å². The molecule has 0 spiro atoms. The Labute approximate surface area is 178 Å². The molecule has 1 aliphatic rings. The molecule has 3 aromatic rings. The Morgan fingerprint density at radius 3 is 2.67 bits per heavy atom. The van der Waals surface area contributed by atoms with Crippen molar-refractivity contribution in [3.63, 3.8) is 0 Å². The number of nitrogens with one attached hydrogen (secondary N) is 1. The number of rotatable bonds is 5. The highest BCUT2D eigenvalue weighted by molar-refractivity contribution is 7.12. The van der Waals surface area contributed by atoms with Crippen molar-refractivity contribution in [2.75, 3.05) is 13.1 Å². The van der Waals surface area contributed by atoms with E-state index in [0.29, 0.717) is 37.3 Å². The Balaban J connectivity index is 1.45. The zero-order chi connectivity index (χ0) is 21.1. The van der Waals surface area contributed by atoms with Crippen molar-refractivity contribution >= 4 is 23.2 Å². The molecular formula is C22H23FN4O2S. The molecule has 1 aromatic carbocycles. The number of aryl methyl sites for hydroxylation is 1. The van der Waals surface area contributed by atoms with Gasteiger partial charge in [0.05, 0.1) is 4.88 Å². The normalized spacial score (nSPS) is 15.7. The van der Waals surface area contributed by atoms with Crippen LogP contribution in [0.3, 0.4) is 0 Å². The van der Waals surface area contributed by atoms with Crippen molar-refractivity contribution in [3.8, 4) is 0 Å². The number of carbonyl (C=O) groups excluding carboxylic acids is 2. The average Bonchev–Trinajstić information content (AvgIpc) is 3.43. The quantitative estimate of drug-likeness (QED) is 0.680. The fraction of sp³-hybridized carbons (Fsp3) is 0.318. The molecule has 0 saturated carbocycles. The summed E-state index contributed by atoms with van der Waals surface area (Å²) < 4.78 is 15.6. The first-order valence-corrected chi connectivity index (χ1v) is 10.8. The highest BCUT2D eigenvalue weighted by atomic mass is 32.1. The summed E-state index contributed by atoms with van der Waals surface area (Å²) in [5.74, 6) is -0.000632. The van der Waals surface area contributed by atoms with Gasteiger partial charge in [0.2, 0.25) is 5.91 Å². The first-order chi connectivity index (χ1) is 14.5. The fourth-order valence-corrected chi connectivity index (χ4v) is 4.49. The maximum Gasteiger partial charge on any atom is 0.263 e. The number of nitrogens with zero attached hydrogens (tertiary/aromatic N) is 3. The third kappa shape index (κ3) is 4.28. The van der Waals surface area contributed by atoms with Gasteiger partial charge in [0, 0.05) is 38.4 Å². The first-order valence-electron chi connectivity index (χ1n) is 9.89. The van der Waals surface area contributed by atoms with Crippen LogP contribution in [0.4, 0.5) is 4.39 Å². The van der Waals surface area contributed by atoms with Crippen LogP contribution in [0.15, 0.2) is 54.2 Å². The molecule has 1 saturated heterocycles. The van der Waals surface area contributed by atoms with Crippen molar-refractivity contribution in [2.24, 2.45) is 13.0 Å². The lowest BCUT2D eigenvalue weighted by Gasteiger charge is -2.32. The monoisotopic (exact) mass is 426 g/mol. The van der Waals surface area contributed by atoms with Gasteiger partial charge in [0.25, 0.3) is 5.91 Å². The summed E-state index contributed by atoms with van der Waals surface area (Å²) >= 11 is 1.43. The van der Waals surface area contributed by atoms with Gasteiger partial charge < -0.3 is 14.8 Å². The van der Waals surface area contributed by atoms with Gasteiger partial charge >= 0.3 is 0 Å². The summed E-state index contributed by atoms with van der Waals surface area (Å²) in [5.41, 5.74) is 0.642. The molecule has 4 rings (SSSR count). The van der Waals surface area contributed by atoms with Crippen molar-refractivity contribution < 1.29 is 14.0 Å². The van der Waals surface area contributed by atoms with E-state index in [-0.39, 0.29) is 23.5 Å². The molecule has 0 bridgehead atoms. The minimum absolute atomic E-state index is 0.0227. The second-order valence-corrected chi connectivity index (χ2v) is 8.38. The molecular weight excluding hydrogens is 403 g/mol. The molecule has 2 aromatic heterocycles. The predicted molar refractivity (Wildman–Crippen MR) is 113 cm³/mol. The van der Waals surface area contributed by atoms with Crippen LogP contribution in [0.5, 0.6) is 0 Å². The molecule has 2 amide bonds. The highest BCUT2D eigenvalue weighted by Gasteiger charge is 2.30. The lowest BCUT2D eigenvalue weighted by Crippen LogP contribution is -2.44. The molecule has 1 atom stereocenters.